The molecule has 0 spiro atoms. The first-order chi connectivity index (χ1) is 17.6. The molecule has 1 aliphatic rings. The molecule has 3 heterocycles. The fraction of sp³-hybridized carbons (Fsp3) is 0.192. The van der Waals surface area contributed by atoms with Crippen molar-refractivity contribution in [2.45, 2.75) is 19.6 Å². The van der Waals surface area contributed by atoms with Crippen LogP contribution in [0.1, 0.15) is 16.7 Å². The smallest absolute Gasteiger partial charge is 0.416 e. The Kier molecular flexibility index (Phi) is 6.06. The lowest BCUT2D eigenvalue weighted by Gasteiger charge is -2.22. The molecule has 0 atom stereocenters. The maximum Gasteiger partial charge on any atom is 0.416 e. The first kappa shape index (κ1) is 24.3. The van der Waals surface area contributed by atoms with Gasteiger partial charge in [-0.2, -0.15) is 13.2 Å². The van der Waals surface area contributed by atoms with Crippen LogP contribution in [-0.4, -0.2) is 34.3 Å². The third-order valence-corrected chi connectivity index (χ3v) is 6.19. The number of aromatic nitrogens is 2. The molecule has 1 amide bonds. The number of rotatable bonds is 4. The van der Waals surface area contributed by atoms with Crippen molar-refractivity contribution in [1.82, 2.24) is 9.97 Å². The van der Waals surface area contributed by atoms with Gasteiger partial charge in [0.1, 0.15) is 23.9 Å². The minimum absolute atomic E-state index is 0.0927. The number of hydrogen-bond acceptors (Lipinski definition) is 5. The average molecular weight is 512 g/mol. The predicted molar refractivity (Wildman–Crippen MR) is 129 cm³/mol. The minimum Gasteiger partial charge on any atom is -0.474 e. The van der Waals surface area contributed by atoms with Crippen LogP contribution in [-0.2, 0) is 12.7 Å². The van der Waals surface area contributed by atoms with Crippen molar-refractivity contribution in [3.8, 4) is 17.0 Å². The maximum absolute atomic E-state index is 15.1. The molecule has 0 fully saturated rings. The second kappa shape index (κ2) is 9.23. The van der Waals surface area contributed by atoms with Crippen LogP contribution in [0.3, 0.4) is 0 Å². The van der Waals surface area contributed by atoms with Gasteiger partial charge in [0.15, 0.2) is 0 Å². The van der Waals surface area contributed by atoms with E-state index in [2.05, 4.69) is 15.3 Å². The van der Waals surface area contributed by atoms with Gasteiger partial charge in [0.05, 0.1) is 12.1 Å². The van der Waals surface area contributed by atoms with Gasteiger partial charge in [0.2, 0.25) is 5.88 Å². The van der Waals surface area contributed by atoms with Crippen molar-refractivity contribution >= 4 is 28.4 Å². The summed E-state index contributed by atoms with van der Waals surface area (Å²) in [5, 5.41) is 13.9. The number of alkyl halides is 3. The summed E-state index contributed by atoms with van der Waals surface area (Å²) in [5.41, 5.74) is 0.994. The quantitative estimate of drug-likeness (QED) is 0.314. The number of anilines is 2. The fourth-order valence-electron chi connectivity index (χ4n) is 4.35. The van der Waals surface area contributed by atoms with Crippen LogP contribution < -0.4 is 15.0 Å². The van der Waals surface area contributed by atoms with E-state index in [1.54, 1.807) is 6.07 Å². The van der Waals surface area contributed by atoms with Gasteiger partial charge in [0, 0.05) is 35.5 Å². The molecule has 0 saturated heterocycles. The van der Waals surface area contributed by atoms with E-state index in [-0.39, 0.29) is 16.9 Å². The summed E-state index contributed by atoms with van der Waals surface area (Å²) < 4.78 is 61.0. The number of fused-ring (bicyclic) bond motifs is 2. The molecule has 2 N–H and O–H groups in total. The Morgan fingerprint density at radius 1 is 1.11 bits per heavy atom. The molecule has 2 aromatic heterocycles. The van der Waals surface area contributed by atoms with Gasteiger partial charge in [-0.15, -0.1) is 0 Å². The van der Waals surface area contributed by atoms with E-state index in [4.69, 9.17) is 4.74 Å². The predicted octanol–water partition coefficient (Wildman–Crippen LogP) is 6.25. The van der Waals surface area contributed by atoms with E-state index >= 15 is 4.39 Å². The Bertz CT molecular complexity index is 1520. The average Bonchev–Trinajstić information content (AvgIpc) is 2.87. The summed E-state index contributed by atoms with van der Waals surface area (Å²) >= 11 is 0. The second-order valence-electron chi connectivity index (χ2n) is 8.50. The molecule has 5 rings (SSSR count). The number of benzene rings is 2. The lowest BCUT2D eigenvalue weighted by Crippen LogP contribution is -2.30. The van der Waals surface area contributed by atoms with Crippen molar-refractivity contribution in [1.29, 1.82) is 0 Å². The van der Waals surface area contributed by atoms with Crippen LogP contribution in [0.15, 0.2) is 54.9 Å². The highest BCUT2D eigenvalue weighted by Gasteiger charge is 2.34. The Morgan fingerprint density at radius 3 is 2.65 bits per heavy atom. The largest absolute Gasteiger partial charge is 0.474 e. The number of ether oxygens (including phenoxy) is 1. The third-order valence-electron chi connectivity index (χ3n) is 6.19. The topological polar surface area (TPSA) is 87.6 Å². The zero-order valence-electron chi connectivity index (χ0n) is 19.4. The van der Waals surface area contributed by atoms with E-state index in [9.17, 15) is 23.1 Å². The number of nitrogens with zero attached hydrogens (tertiary/aromatic N) is 3. The van der Waals surface area contributed by atoms with Crippen LogP contribution in [0.25, 0.3) is 21.9 Å². The van der Waals surface area contributed by atoms with E-state index in [0.29, 0.717) is 41.1 Å². The maximum atomic E-state index is 15.1. The number of carboxylic acid groups (broad SMARTS) is 1. The summed E-state index contributed by atoms with van der Waals surface area (Å²) in [6, 6.07) is 8.98. The molecule has 0 saturated carbocycles. The zero-order valence-corrected chi connectivity index (χ0v) is 19.4. The number of nitrogens with one attached hydrogen (secondary N) is 1. The highest BCUT2D eigenvalue weighted by atomic mass is 19.4. The molecule has 1 aliphatic heterocycles. The first-order valence-corrected chi connectivity index (χ1v) is 11.2. The van der Waals surface area contributed by atoms with Gasteiger partial charge in [-0.25, -0.2) is 19.2 Å². The van der Waals surface area contributed by atoms with Gasteiger partial charge < -0.3 is 15.2 Å². The summed E-state index contributed by atoms with van der Waals surface area (Å²) in [7, 11) is 0. The molecule has 11 heteroatoms. The second-order valence-corrected chi connectivity index (χ2v) is 8.50. The molecule has 37 heavy (non-hydrogen) atoms. The summed E-state index contributed by atoms with van der Waals surface area (Å²) in [6.45, 7) is 2.28. The Morgan fingerprint density at radius 2 is 1.89 bits per heavy atom. The molecule has 0 unspecified atom stereocenters. The van der Waals surface area contributed by atoms with Gasteiger partial charge in [0.25, 0.3) is 0 Å². The lowest BCUT2D eigenvalue weighted by molar-refractivity contribution is -0.138. The number of pyridine rings is 2. The molecule has 0 aliphatic carbocycles. The summed E-state index contributed by atoms with van der Waals surface area (Å²) in [6.07, 6.45) is -3.33. The summed E-state index contributed by atoms with van der Waals surface area (Å²) in [5.74, 6) is -0.195. The van der Waals surface area contributed by atoms with E-state index in [0.717, 1.165) is 16.5 Å². The van der Waals surface area contributed by atoms with Crippen molar-refractivity contribution in [2.75, 3.05) is 23.4 Å². The molecular formula is C26H20F4N4O3. The normalized spacial score (nSPS) is 13.0. The van der Waals surface area contributed by atoms with Crippen LogP contribution in [0.5, 0.6) is 5.88 Å². The fourth-order valence-corrected chi connectivity index (χ4v) is 4.35. The van der Waals surface area contributed by atoms with Crippen molar-refractivity contribution < 1.29 is 32.2 Å². The molecule has 7 nitrogen and oxygen atoms in total. The van der Waals surface area contributed by atoms with Gasteiger partial charge in [-0.1, -0.05) is 18.2 Å². The van der Waals surface area contributed by atoms with Gasteiger partial charge >= 0.3 is 12.3 Å². The van der Waals surface area contributed by atoms with Gasteiger partial charge in [-0.3, -0.25) is 4.90 Å². The standard InChI is InChI=1S/C26H20F4N4O3/c1-14-19(12-33-24-23(14)31-6-7-37-24)18-8-16-10-22(32-11-17(16)9-21(18)27)34(25(35)36)13-15-4-2-3-5-20(15)26(28,29)30/h2-5,8-12,31H,6-7,13H2,1H3,(H,35,36). The van der Waals surface area contributed by atoms with E-state index in [1.807, 2.05) is 6.92 Å². The minimum atomic E-state index is -4.65. The first-order valence-electron chi connectivity index (χ1n) is 11.2. The number of hydrogen-bond donors (Lipinski definition) is 2. The molecule has 190 valence electrons. The van der Waals surface area contributed by atoms with Crippen LogP contribution >= 0.6 is 0 Å². The van der Waals surface area contributed by atoms with Crippen molar-refractivity contribution in [2.24, 2.45) is 0 Å². The van der Waals surface area contributed by atoms with Crippen LogP contribution in [0.2, 0.25) is 0 Å². The third kappa shape index (κ3) is 4.59. The number of carbonyl (C=O) groups is 1. The molecule has 2 aromatic carbocycles. The molecular weight excluding hydrogens is 492 g/mol. The lowest BCUT2D eigenvalue weighted by atomic mass is 9.98. The van der Waals surface area contributed by atoms with Crippen molar-refractivity contribution in [3.63, 3.8) is 0 Å². The van der Waals surface area contributed by atoms with E-state index in [1.165, 1.54) is 42.7 Å². The highest BCUT2D eigenvalue weighted by molar-refractivity contribution is 5.93. The van der Waals surface area contributed by atoms with Crippen molar-refractivity contribution in [3.05, 3.63) is 77.4 Å². The summed E-state index contributed by atoms with van der Waals surface area (Å²) in [4.78, 5) is 21.1. The molecule has 0 bridgehead atoms. The van der Waals surface area contributed by atoms with Crippen LogP contribution in [0.4, 0.5) is 33.9 Å². The Hall–Kier alpha value is -4.41. The molecule has 4 aromatic rings. The SMILES string of the molecule is Cc1c(-c2cc3cc(N(Cc4ccccc4C(F)(F)F)C(=O)O)ncc3cc2F)cnc2c1NCCO2. The van der Waals surface area contributed by atoms with Crippen LogP contribution in [0, 0.1) is 12.7 Å². The number of halogens is 4. The Labute approximate surface area is 208 Å². The van der Waals surface area contributed by atoms with E-state index < -0.39 is 30.2 Å². The monoisotopic (exact) mass is 512 g/mol. The molecule has 0 radical (unpaired) electrons. The highest BCUT2D eigenvalue weighted by Crippen LogP contribution is 2.38. The number of amides is 1. The zero-order chi connectivity index (χ0) is 26.3. The van der Waals surface area contributed by atoms with Gasteiger partial charge in [-0.05, 0) is 47.7 Å². The Balaban J connectivity index is 1.57.